The van der Waals surface area contributed by atoms with Crippen LogP contribution in [0.2, 0.25) is 0 Å². The third kappa shape index (κ3) is 2.42. The van der Waals surface area contributed by atoms with E-state index in [1.807, 2.05) is 66.7 Å². The molecule has 0 aliphatic heterocycles. The summed E-state index contributed by atoms with van der Waals surface area (Å²) in [6.07, 6.45) is 5.19. The summed E-state index contributed by atoms with van der Waals surface area (Å²) >= 11 is 0. The first-order valence-electron chi connectivity index (χ1n) is 7.41. The molecule has 1 aromatic heterocycles. The Morgan fingerprint density at radius 2 is 1.61 bits per heavy atom. The smallest absolute Gasteiger partial charge is 0.123 e. The minimum atomic E-state index is 0.229. The van der Waals surface area contributed by atoms with Gasteiger partial charge in [0.2, 0.25) is 0 Å². The van der Waals surface area contributed by atoms with Crippen LogP contribution < -0.4 is 5.22 Å². The van der Waals surface area contributed by atoms with Crippen molar-refractivity contribution in [1.29, 1.82) is 0 Å². The van der Waals surface area contributed by atoms with Crippen molar-refractivity contribution in [3.05, 3.63) is 83.8 Å². The van der Waals surface area contributed by atoms with Crippen LogP contribution in [0.3, 0.4) is 0 Å². The first-order valence-corrected chi connectivity index (χ1v) is 7.41. The number of benzene rings is 3. The molecular formula is C20H14N2O. The van der Waals surface area contributed by atoms with E-state index in [2.05, 4.69) is 9.97 Å². The summed E-state index contributed by atoms with van der Waals surface area (Å²) in [6.45, 7) is 0. The summed E-state index contributed by atoms with van der Waals surface area (Å²) in [5, 5.41) is 13.2. The number of aliphatic hydroxyl groups excluding tert-OH is 1. The molecule has 4 rings (SSSR count). The lowest BCUT2D eigenvalue weighted by atomic mass is 10.0. The van der Waals surface area contributed by atoms with Crippen molar-refractivity contribution < 1.29 is 5.11 Å². The molecule has 0 aliphatic carbocycles. The Labute approximate surface area is 133 Å². The van der Waals surface area contributed by atoms with Crippen LogP contribution in [-0.4, -0.2) is 15.1 Å². The zero-order valence-electron chi connectivity index (χ0n) is 12.3. The van der Waals surface area contributed by atoms with Gasteiger partial charge in [-0.15, -0.1) is 0 Å². The monoisotopic (exact) mass is 298 g/mol. The lowest BCUT2D eigenvalue weighted by molar-refractivity contribution is 0.513. The number of nitrogens with zero attached hydrogens (tertiary/aromatic N) is 2. The van der Waals surface area contributed by atoms with E-state index in [1.54, 1.807) is 12.4 Å². The molecule has 0 radical (unpaired) electrons. The molecule has 0 fully saturated rings. The van der Waals surface area contributed by atoms with Crippen LogP contribution >= 0.6 is 0 Å². The van der Waals surface area contributed by atoms with Crippen LogP contribution in [0.4, 0.5) is 0 Å². The third-order valence-electron chi connectivity index (χ3n) is 3.90. The third-order valence-corrected chi connectivity index (χ3v) is 3.90. The van der Waals surface area contributed by atoms with Crippen molar-refractivity contribution in [2.75, 3.05) is 0 Å². The molecule has 4 aromatic rings. The first kappa shape index (κ1) is 13.5. The van der Waals surface area contributed by atoms with Gasteiger partial charge < -0.3 is 5.11 Å². The van der Waals surface area contributed by atoms with E-state index in [1.165, 1.54) is 0 Å². The molecule has 1 N–H and O–H groups in total. The minimum absolute atomic E-state index is 0.229. The Morgan fingerprint density at radius 1 is 0.826 bits per heavy atom. The van der Waals surface area contributed by atoms with Crippen LogP contribution in [0.15, 0.2) is 73.1 Å². The summed E-state index contributed by atoms with van der Waals surface area (Å²) in [5.74, 6) is 0.229. The Bertz CT molecular complexity index is 1050. The molecule has 0 unspecified atom stereocenters. The Kier molecular flexibility index (Phi) is 3.24. The van der Waals surface area contributed by atoms with E-state index >= 15 is 0 Å². The van der Waals surface area contributed by atoms with Crippen molar-refractivity contribution in [3.63, 3.8) is 0 Å². The van der Waals surface area contributed by atoms with Crippen LogP contribution in [0.1, 0.15) is 5.56 Å². The lowest BCUT2D eigenvalue weighted by Gasteiger charge is -2.05. The predicted octanol–water partition coefficient (Wildman–Crippen LogP) is 3.88. The summed E-state index contributed by atoms with van der Waals surface area (Å²) in [4.78, 5) is 8.61. The topological polar surface area (TPSA) is 46.0 Å². The number of aromatic nitrogens is 2. The Balaban J connectivity index is 1.94. The number of aliphatic hydroxyl groups is 1. The van der Waals surface area contributed by atoms with E-state index in [0.717, 1.165) is 32.6 Å². The van der Waals surface area contributed by atoms with Gasteiger partial charge >= 0.3 is 0 Å². The molecule has 0 spiro atoms. The zero-order valence-corrected chi connectivity index (χ0v) is 12.3. The summed E-state index contributed by atoms with van der Waals surface area (Å²) in [7, 11) is 0. The van der Waals surface area contributed by atoms with Gasteiger partial charge in [0.25, 0.3) is 0 Å². The predicted molar refractivity (Wildman–Crippen MR) is 93.8 cm³/mol. The molecule has 0 aliphatic rings. The maximum absolute atomic E-state index is 10.5. The van der Waals surface area contributed by atoms with Gasteiger partial charge in [0.1, 0.15) is 12.1 Å². The number of hydrogen-bond donors (Lipinski definition) is 1. The van der Waals surface area contributed by atoms with Gasteiger partial charge in [-0.3, -0.25) is 0 Å². The van der Waals surface area contributed by atoms with Gasteiger partial charge in [-0.2, -0.15) is 0 Å². The number of hydrogen-bond acceptors (Lipinski definition) is 3. The molecule has 1 heterocycles. The average molecular weight is 298 g/mol. The van der Waals surface area contributed by atoms with Gasteiger partial charge in [0, 0.05) is 10.6 Å². The molecule has 3 nitrogen and oxygen atoms in total. The average Bonchev–Trinajstić information content (AvgIpc) is 2.61. The normalized spacial score (nSPS) is 13.0. The second kappa shape index (κ2) is 5.54. The Morgan fingerprint density at radius 3 is 2.43 bits per heavy atom. The highest BCUT2D eigenvalue weighted by atomic mass is 16.3. The minimum Gasteiger partial charge on any atom is -0.507 e. The first-order chi connectivity index (χ1) is 11.3. The van der Waals surface area contributed by atoms with Gasteiger partial charge in [-0.05, 0) is 35.2 Å². The van der Waals surface area contributed by atoms with Gasteiger partial charge in [-0.25, -0.2) is 9.97 Å². The molecular weight excluding hydrogens is 284 g/mol. The standard InChI is InChI=1S/C20H14N2O/c23-19(12-9-14-5-2-1-3-6-14)15-10-11-18-20-16(15)7-4-8-17(20)21-13-22-18/h1-13,23H/b12-9+,19-15+. The summed E-state index contributed by atoms with van der Waals surface area (Å²) in [6, 6.07) is 19.6. The molecule has 0 atom stereocenters. The van der Waals surface area contributed by atoms with E-state index in [0.29, 0.717) is 0 Å². The van der Waals surface area contributed by atoms with Crippen LogP contribution in [-0.2, 0) is 0 Å². The second-order valence-electron chi connectivity index (χ2n) is 5.33. The molecule has 110 valence electrons. The van der Waals surface area contributed by atoms with Crippen molar-refractivity contribution in [1.82, 2.24) is 9.97 Å². The fourth-order valence-electron chi connectivity index (χ4n) is 2.79. The number of rotatable bonds is 2. The fourth-order valence-corrected chi connectivity index (χ4v) is 2.79. The van der Waals surface area contributed by atoms with E-state index < -0.39 is 0 Å². The van der Waals surface area contributed by atoms with Gasteiger partial charge in [0.05, 0.1) is 11.0 Å². The van der Waals surface area contributed by atoms with E-state index in [-0.39, 0.29) is 5.76 Å². The molecule has 23 heavy (non-hydrogen) atoms. The Hall–Kier alpha value is -3.20. The molecule has 0 saturated carbocycles. The zero-order chi connectivity index (χ0) is 15.6. The SMILES string of the molecule is OC(/C=C/c1ccccc1)=c1\ccc2ncnc3cccc1c32. The van der Waals surface area contributed by atoms with Crippen molar-refractivity contribution >= 4 is 33.6 Å². The highest BCUT2D eigenvalue weighted by Crippen LogP contribution is 2.20. The maximum atomic E-state index is 10.5. The maximum Gasteiger partial charge on any atom is 0.123 e. The molecule has 3 heteroatoms. The molecule has 0 amide bonds. The summed E-state index contributed by atoms with van der Waals surface area (Å²) in [5.41, 5.74) is 2.81. The van der Waals surface area contributed by atoms with Crippen LogP contribution in [0, 0.1) is 0 Å². The van der Waals surface area contributed by atoms with E-state index in [9.17, 15) is 5.11 Å². The lowest BCUT2D eigenvalue weighted by Crippen LogP contribution is -2.07. The summed E-state index contributed by atoms with van der Waals surface area (Å²) < 4.78 is 0. The molecule has 0 saturated heterocycles. The molecule has 0 bridgehead atoms. The van der Waals surface area contributed by atoms with Crippen LogP contribution in [0.25, 0.3) is 33.6 Å². The van der Waals surface area contributed by atoms with Crippen molar-refractivity contribution in [2.24, 2.45) is 0 Å². The highest BCUT2D eigenvalue weighted by Gasteiger charge is 2.06. The fraction of sp³-hybridized carbons (Fsp3) is 0. The second-order valence-corrected chi connectivity index (χ2v) is 5.33. The van der Waals surface area contributed by atoms with Crippen molar-refractivity contribution in [2.45, 2.75) is 0 Å². The quantitative estimate of drug-likeness (QED) is 0.611. The highest BCUT2D eigenvalue weighted by molar-refractivity contribution is 6.07. The van der Waals surface area contributed by atoms with Crippen LogP contribution in [0.5, 0.6) is 0 Å². The van der Waals surface area contributed by atoms with Gasteiger partial charge in [-0.1, -0.05) is 48.5 Å². The largest absolute Gasteiger partial charge is 0.507 e. The molecule has 3 aromatic carbocycles. The van der Waals surface area contributed by atoms with Gasteiger partial charge in [0.15, 0.2) is 0 Å². The van der Waals surface area contributed by atoms with Crippen molar-refractivity contribution in [3.8, 4) is 0 Å². The van der Waals surface area contributed by atoms with E-state index in [4.69, 9.17) is 0 Å².